The average Bonchev–Trinajstić information content (AvgIpc) is 2.90. The standard InChI is InChI=1S/C15H19N3OS2/c16-14(20)10-17-5-7-18(8-6-17)15(19)13-9-11-3-1-2-4-12(11)21-13/h1-4,13H,5-10H2,(H2,16,20). The van der Waals surface area contributed by atoms with Gasteiger partial charge in [-0.15, -0.1) is 11.8 Å². The minimum Gasteiger partial charge on any atom is -0.392 e. The number of carbonyl (C=O) groups excluding carboxylic acids is 1. The fourth-order valence-corrected chi connectivity index (χ4v) is 4.33. The van der Waals surface area contributed by atoms with Crippen LogP contribution in [0.2, 0.25) is 0 Å². The topological polar surface area (TPSA) is 49.6 Å². The van der Waals surface area contributed by atoms with Crippen LogP contribution in [0.15, 0.2) is 29.2 Å². The summed E-state index contributed by atoms with van der Waals surface area (Å²) < 4.78 is 0. The normalized spacial score (nSPS) is 22.1. The Morgan fingerprint density at radius 1 is 1.29 bits per heavy atom. The molecular weight excluding hydrogens is 302 g/mol. The van der Waals surface area contributed by atoms with Crippen molar-refractivity contribution in [1.29, 1.82) is 0 Å². The Balaban J connectivity index is 1.55. The van der Waals surface area contributed by atoms with Crippen LogP contribution in [0.5, 0.6) is 0 Å². The van der Waals surface area contributed by atoms with Crippen molar-refractivity contribution in [3.05, 3.63) is 29.8 Å². The minimum atomic E-state index is 0.0459. The molecule has 1 fully saturated rings. The van der Waals surface area contributed by atoms with Crippen molar-refractivity contribution in [2.45, 2.75) is 16.6 Å². The Morgan fingerprint density at radius 2 is 2.00 bits per heavy atom. The molecule has 0 aromatic heterocycles. The van der Waals surface area contributed by atoms with Gasteiger partial charge in [-0.2, -0.15) is 0 Å². The van der Waals surface area contributed by atoms with Crippen LogP contribution in [0.25, 0.3) is 0 Å². The number of benzene rings is 1. The van der Waals surface area contributed by atoms with E-state index in [1.807, 2.05) is 17.0 Å². The molecule has 1 aromatic carbocycles. The summed E-state index contributed by atoms with van der Waals surface area (Å²) in [4.78, 5) is 18.6. The van der Waals surface area contributed by atoms with Crippen molar-refractivity contribution in [3.63, 3.8) is 0 Å². The highest BCUT2D eigenvalue weighted by Gasteiger charge is 2.32. The van der Waals surface area contributed by atoms with E-state index in [4.69, 9.17) is 18.0 Å². The Bertz CT molecular complexity index is 531. The van der Waals surface area contributed by atoms with Crippen molar-refractivity contribution < 1.29 is 4.79 Å². The highest BCUT2D eigenvalue weighted by Crippen LogP contribution is 2.37. The lowest BCUT2D eigenvalue weighted by Gasteiger charge is -2.35. The Hall–Kier alpha value is -1.11. The number of nitrogens with zero attached hydrogens (tertiary/aromatic N) is 2. The molecule has 2 N–H and O–H groups in total. The Labute approximate surface area is 134 Å². The van der Waals surface area contributed by atoms with E-state index in [0.29, 0.717) is 11.5 Å². The number of thiocarbonyl (C=S) groups is 1. The second kappa shape index (κ2) is 6.34. The molecule has 6 heteroatoms. The zero-order valence-electron chi connectivity index (χ0n) is 11.8. The van der Waals surface area contributed by atoms with Gasteiger partial charge in [-0.3, -0.25) is 9.69 Å². The number of fused-ring (bicyclic) bond motifs is 1. The first-order chi connectivity index (χ1) is 10.1. The SMILES string of the molecule is NC(=S)CN1CCN(C(=O)C2Cc3ccccc3S2)CC1. The summed E-state index contributed by atoms with van der Waals surface area (Å²) in [6.45, 7) is 3.91. The van der Waals surface area contributed by atoms with Gasteiger partial charge in [0.05, 0.1) is 10.2 Å². The van der Waals surface area contributed by atoms with Crippen LogP contribution in [0.1, 0.15) is 5.56 Å². The molecule has 21 heavy (non-hydrogen) atoms. The van der Waals surface area contributed by atoms with Crippen molar-refractivity contribution in [3.8, 4) is 0 Å². The van der Waals surface area contributed by atoms with E-state index in [1.54, 1.807) is 11.8 Å². The first kappa shape index (κ1) is 14.8. The van der Waals surface area contributed by atoms with E-state index in [9.17, 15) is 4.79 Å². The molecule has 0 aliphatic carbocycles. The predicted octanol–water partition coefficient (Wildman–Crippen LogP) is 1.13. The van der Waals surface area contributed by atoms with E-state index >= 15 is 0 Å². The van der Waals surface area contributed by atoms with Crippen LogP contribution in [-0.4, -0.2) is 58.7 Å². The van der Waals surface area contributed by atoms with Gasteiger partial charge in [0.1, 0.15) is 0 Å². The molecule has 1 aromatic rings. The summed E-state index contributed by atoms with van der Waals surface area (Å²) in [5, 5.41) is 0.0459. The van der Waals surface area contributed by atoms with E-state index in [1.165, 1.54) is 10.5 Å². The molecule has 0 bridgehead atoms. The summed E-state index contributed by atoms with van der Waals surface area (Å²) in [5.74, 6) is 0.270. The average molecular weight is 321 g/mol. The summed E-state index contributed by atoms with van der Waals surface area (Å²) in [5.41, 5.74) is 6.87. The Morgan fingerprint density at radius 3 is 2.67 bits per heavy atom. The molecule has 2 aliphatic rings. The summed E-state index contributed by atoms with van der Waals surface area (Å²) >= 11 is 6.64. The predicted molar refractivity (Wildman–Crippen MR) is 89.6 cm³/mol. The number of carbonyl (C=O) groups is 1. The van der Waals surface area contributed by atoms with Crippen molar-refractivity contribution in [1.82, 2.24) is 9.80 Å². The van der Waals surface area contributed by atoms with Gasteiger partial charge in [0.2, 0.25) is 5.91 Å². The van der Waals surface area contributed by atoms with Gasteiger partial charge in [0, 0.05) is 37.6 Å². The molecule has 0 radical (unpaired) electrons. The molecule has 0 spiro atoms. The minimum absolute atomic E-state index is 0.0459. The number of rotatable bonds is 3. The maximum Gasteiger partial charge on any atom is 0.236 e. The summed E-state index contributed by atoms with van der Waals surface area (Å²) in [7, 11) is 0. The van der Waals surface area contributed by atoms with E-state index < -0.39 is 0 Å². The smallest absolute Gasteiger partial charge is 0.236 e. The summed E-state index contributed by atoms with van der Waals surface area (Å²) in [6.07, 6.45) is 0.854. The monoisotopic (exact) mass is 321 g/mol. The van der Waals surface area contributed by atoms with Crippen LogP contribution >= 0.6 is 24.0 Å². The third-order valence-electron chi connectivity index (χ3n) is 3.99. The second-order valence-corrected chi connectivity index (χ2v) is 7.26. The van der Waals surface area contributed by atoms with Crippen molar-refractivity contribution in [2.24, 2.45) is 5.73 Å². The van der Waals surface area contributed by atoms with Crippen LogP contribution in [0.4, 0.5) is 0 Å². The zero-order chi connectivity index (χ0) is 14.8. The lowest BCUT2D eigenvalue weighted by molar-refractivity contribution is -0.132. The number of hydrogen-bond donors (Lipinski definition) is 1. The fourth-order valence-electron chi connectivity index (χ4n) is 2.87. The Kier molecular flexibility index (Phi) is 4.47. The second-order valence-electron chi connectivity index (χ2n) is 5.49. The van der Waals surface area contributed by atoms with Crippen molar-refractivity contribution >= 4 is 34.9 Å². The highest BCUT2D eigenvalue weighted by molar-refractivity contribution is 8.01. The first-order valence-electron chi connectivity index (χ1n) is 7.17. The molecule has 2 heterocycles. The van der Waals surface area contributed by atoms with Crippen molar-refractivity contribution in [2.75, 3.05) is 32.7 Å². The van der Waals surface area contributed by atoms with Gasteiger partial charge in [-0.05, 0) is 18.1 Å². The van der Waals surface area contributed by atoms with E-state index in [0.717, 1.165) is 32.6 Å². The van der Waals surface area contributed by atoms with Gasteiger partial charge in [-0.1, -0.05) is 30.4 Å². The van der Waals surface area contributed by atoms with Gasteiger partial charge in [0.15, 0.2) is 0 Å². The maximum atomic E-state index is 12.6. The molecule has 1 saturated heterocycles. The molecule has 1 amide bonds. The van der Waals surface area contributed by atoms with Gasteiger partial charge < -0.3 is 10.6 Å². The number of hydrogen-bond acceptors (Lipinski definition) is 4. The quantitative estimate of drug-likeness (QED) is 0.846. The largest absolute Gasteiger partial charge is 0.392 e. The molecule has 1 atom stereocenters. The molecule has 4 nitrogen and oxygen atoms in total. The molecule has 112 valence electrons. The van der Waals surface area contributed by atoms with Crippen LogP contribution in [0.3, 0.4) is 0 Å². The third-order valence-corrected chi connectivity index (χ3v) is 5.42. The van der Waals surface area contributed by atoms with Gasteiger partial charge in [-0.25, -0.2) is 0 Å². The fraction of sp³-hybridized carbons (Fsp3) is 0.467. The van der Waals surface area contributed by atoms with Crippen LogP contribution < -0.4 is 5.73 Å². The highest BCUT2D eigenvalue weighted by atomic mass is 32.2. The molecule has 3 rings (SSSR count). The number of nitrogens with two attached hydrogens (primary N) is 1. The lowest BCUT2D eigenvalue weighted by atomic mass is 10.1. The molecular formula is C15H19N3OS2. The number of amides is 1. The van der Waals surface area contributed by atoms with Gasteiger partial charge in [0.25, 0.3) is 0 Å². The lowest BCUT2D eigenvalue weighted by Crippen LogP contribution is -2.52. The van der Waals surface area contributed by atoms with E-state index in [2.05, 4.69) is 17.0 Å². The zero-order valence-corrected chi connectivity index (χ0v) is 13.5. The molecule has 1 unspecified atom stereocenters. The van der Waals surface area contributed by atoms with Gasteiger partial charge >= 0.3 is 0 Å². The summed E-state index contributed by atoms with van der Waals surface area (Å²) in [6, 6.07) is 8.30. The third kappa shape index (κ3) is 3.39. The molecule has 2 aliphatic heterocycles. The number of piperazine rings is 1. The first-order valence-corrected chi connectivity index (χ1v) is 8.46. The van der Waals surface area contributed by atoms with Crippen LogP contribution in [-0.2, 0) is 11.2 Å². The maximum absolute atomic E-state index is 12.6. The van der Waals surface area contributed by atoms with E-state index in [-0.39, 0.29) is 11.2 Å². The molecule has 0 saturated carbocycles. The number of thioether (sulfide) groups is 1. The van der Waals surface area contributed by atoms with Crippen LogP contribution in [0, 0.1) is 0 Å².